The molecule has 4 rings (SSSR count). The molecule has 0 aliphatic heterocycles. The Labute approximate surface area is 168 Å². The summed E-state index contributed by atoms with van der Waals surface area (Å²) in [5, 5.41) is 9.45. The molecule has 30 heavy (non-hydrogen) atoms. The van der Waals surface area contributed by atoms with Crippen molar-refractivity contribution in [2.45, 2.75) is 6.54 Å². The lowest BCUT2D eigenvalue weighted by atomic mass is 10.1. The Morgan fingerprint density at radius 1 is 0.933 bits per heavy atom. The van der Waals surface area contributed by atoms with Crippen LogP contribution in [-0.4, -0.2) is 31.8 Å². The third kappa shape index (κ3) is 3.74. The van der Waals surface area contributed by atoms with Gasteiger partial charge in [-0.1, -0.05) is 42.5 Å². The molecule has 10 nitrogen and oxygen atoms in total. The van der Waals surface area contributed by atoms with E-state index < -0.39 is 29.5 Å². The highest BCUT2D eigenvalue weighted by Crippen LogP contribution is 2.16. The van der Waals surface area contributed by atoms with Crippen LogP contribution in [0.5, 0.6) is 0 Å². The molecule has 0 atom stereocenters. The van der Waals surface area contributed by atoms with Crippen molar-refractivity contribution in [3.63, 3.8) is 0 Å². The van der Waals surface area contributed by atoms with Crippen LogP contribution in [0.1, 0.15) is 10.5 Å². The van der Waals surface area contributed by atoms with Crippen molar-refractivity contribution in [2.75, 3.05) is 0 Å². The van der Waals surface area contributed by atoms with Crippen molar-refractivity contribution in [3.05, 3.63) is 87.1 Å². The van der Waals surface area contributed by atoms with Gasteiger partial charge < -0.3 is 0 Å². The number of H-pyrrole nitrogens is 2. The maximum atomic E-state index is 12.4. The Hall–Kier alpha value is -4.47. The second-order valence-corrected chi connectivity index (χ2v) is 6.41. The predicted molar refractivity (Wildman–Crippen MR) is 108 cm³/mol. The largest absolute Gasteiger partial charge is 0.287 e. The minimum Gasteiger partial charge on any atom is -0.272 e. The topological polar surface area (TPSA) is 142 Å². The molecule has 0 spiro atoms. The third-order valence-corrected chi connectivity index (χ3v) is 4.39. The van der Waals surface area contributed by atoms with Gasteiger partial charge in [0.15, 0.2) is 0 Å². The van der Waals surface area contributed by atoms with Crippen LogP contribution >= 0.6 is 0 Å². The quantitative estimate of drug-likeness (QED) is 0.367. The average molecular weight is 404 g/mol. The van der Waals surface area contributed by atoms with Gasteiger partial charge in [-0.25, -0.2) is 4.68 Å². The molecule has 0 fully saturated rings. The molecule has 2 heterocycles. The number of aromatic amines is 2. The van der Waals surface area contributed by atoms with Gasteiger partial charge in [0.1, 0.15) is 12.2 Å². The number of rotatable bonds is 4. The molecule has 4 N–H and O–H groups in total. The van der Waals surface area contributed by atoms with Crippen LogP contribution in [0, 0.1) is 0 Å². The van der Waals surface area contributed by atoms with E-state index in [9.17, 15) is 19.2 Å². The second kappa shape index (κ2) is 7.87. The monoisotopic (exact) mass is 404 g/mol. The summed E-state index contributed by atoms with van der Waals surface area (Å²) in [5.74, 6) is -1.31. The molecule has 0 aliphatic rings. The van der Waals surface area contributed by atoms with Gasteiger partial charge in [-0.2, -0.15) is 5.10 Å². The molecule has 4 aromatic rings. The highest BCUT2D eigenvalue weighted by molar-refractivity contribution is 5.94. The minimum atomic E-state index is -0.695. The number of fused-ring (bicyclic) bond motifs is 1. The van der Waals surface area contributed by atoms with Crippen molar-refractivity contribution in [2.24, 2.45) is 0 Å². The number of nitrogens with one attached hydrogen (secondary N) is 4. The zero-order chi connectivity index (χ0) is 21.1. The van der Waals surface area contributed by atoms with Crippen molar-refractivity contribution in [1.29, 1.82) is 0 Å². The van der Waals surface area contributed by atoms with Gasteiger partial charge in [0.2, 0.25) is 0 Å². The van der Waals surface area contributed by atoms with Gasteiger partial charge in [-0.3, -0.25) is 40.2 Å². The fourth-order valence-corrected chi connectivity index (χ4v) is 2.93. The molecule has 2 aromatic heterocycles. The van der Waals surface area contributed by atoms with Crippen molar-refractivity contribution in [3.8, 4) is 11.3 Å². The molecule has 0 unspecified atom stereocenters. The SMILES string of the molecule is O=C(Cn1[nH]c(=O)c2ccccc2c1=O)NNC(=O)c1cc(-c2ccccc2)n[nH]1. The molecular formula is C20H16N6O4. The van der Waals surface area contributed by atoms with E-state index in [0.29, 0.717) is 5.69 Å². The number of benzene rings is 2. The van der Waals surface area contributed by atoms with Gasteiger partial charge in [0, 0.05) is 5.56 Å². The predicted octanol–water partition coefficient (Wildman–Crippen LogP) is 0.541. The molecule has 10 heteroatoms. The summed E-state index contributed by atoms with van der Waals surface area (Å²) in [4.78, 5) is 48.9. The van der Waals surface area contributed by atoms with Crippen LogP contribution in [0.2, 0.25) is 0 Å². The highest BCUT2D eigenvalue weighted by atomic mass is 16.2. The van der Waals surface area contributed by atoms with E-state index in [4.69, 9.17) is 0 Å². The summed E-state index contributed by atoms with van der Waals surface area (Å²) >= 11 is 0. The Morgan fingerprint density at radius 2 is 1.63 bits per heavy atom. The van der Waals surface area contributed by atoms with Crippen molar-refractivity contribution >= 4 is 22.6 Å². The molecule has 0 radical (unpaired) electrons. The summed E-state index contributed by atoms with van der Waals surface area (Å²) < 4.78 is 0.885. The van der Waals surface area contributed by atoms with Crippen LogP contribution in [0.25, 0.3) is 22.0 Å². The van der Waals surface area contributed by atoms with Crippen LogP contribution < -0.4 is 22.0 Å². The summed E-state index contributed by atoms with van der Waals surface area (Å²) in [7, 11) is 0. The smallest absolute Gasteiger partial charge is 0.272 e. The number of hydrazine groups is 1. The van der Waals surface area contributed by atoms with Crippen LogP contribution in [-0.2, 0) is 11.3 Å². The van der Waals surface area contributed by atoms with Crippen LogP contribution in [0.4, 0.5) is 0 Å². The van der Waals surface area contributed by atoms with E-state index in [2.05, 4.69) is 26.1 Å². The number of carbonyl (C=O) groups excluding carboxylic acids is 2. The number of nitrogens with zero attached hydrogens (tertiary/aromatic N) is 2. The molecule has 0 bridgehead atoms. The van der Waals surface area contributed by atoms with Gasteiger partial charge >= 0.3 is 0 Å². The average Bonchev–Trinajstić information content (AvgIpc) is 3.27. The number of carbonyl (C=O) groups is 2. The first-order valence-electron chi connectivity index (χ1n) is 8.95. The lowest BCUT2D eigenvalue weighted by Gasteiger charge is -2.08. The fraction of sp³-hybridized carbons (Fsp3) is 0.0500. The first kappa shape index (κ1) is 18.9. The normalized spacial score (nSPS) is 10.7. The molecule has 0 saturated heterocycles. The minimum absolute atomic E-state index is 0.144. The molecule has 0 aliphatic carbocycles. The summed E-state index contributed by atoms with van der Waals surface area (Å²) in [6.07, 6.45) is 0. The Kier molecular flexibility index (Phi) is 4.95. The first-order chi connectivity index (χ1) is 14.5. The molecule has 2 amide bonds. The lowest BCUT2D eigenvalue weighted by molar-refractivity contribution is -0.122. The second-order valence-electron chi connectivity index (χ2n) is 6.41. The number of hydrogen-bond donors (Lipinski definition) is 4. The number of amides is 2. The van der Waals surface area contributed by atoms with E-state index in [1.165, 1.54) is 12.1 Å². The van der Waals surface area contributed by atoms with E-state index in [-0.39, 0.29) is 16.5 Å². The zero-order valence-electron chi connectivity index (χ0n) is 15.5. The Balaban J connectivity index is 1.42. The Bertz CT molecular complexity index is 1350. The molecule has 150 valence electrons. The van der Waals surface area contributed by atoms with Crippen molar-refractivity contribution < 1.29 is 9.59 Å². The fourth-order valence-electron chi connectivity index (χ4n) is 2.93. The highest BCUT2D eigenvalue weighted by Gasteiger charge is 2.13. The molecular weight excluding hydrogens is 388 g/mol. The lowest BCUT2D eigenvalue weighted by Crippen LogP contribution is -2.45. The first-order valence-corrected chi connectivity index (χ1v) is 8.95. The van der Waals surface area contributed by atoms with Gasteiger partial charge in [0.25, 0.3) is 22.9 Å². The van der Waals surface area contributed by atoms with E-state index >= 15 is 0 Å². The summed E-state index contributed by atoms with van der Waals surface area (Å²) in [6, 6.07) is 17.1. The van der Waals surface area contributed by atoms with Crippen LogP contribution in [0.3, 0.4) is 0 Å². The Morgan fingerprint density at radius 3 is 2.40 bits per heavy atom. The number of aromatic nitrogens is 4. The maximum Gasteiger partial charge on any atom is 0.287 e. The standard InChI is InChI=1S/C20H16N6O4/c27-17(11-26-20(30)14-9-5-4-8-13(14)18(28)25-26)23-24-19(29)16-10-15(21-22-16)12-6-2-1-3-7-12/h1-10H,11H2,(H,21,22)(H,23,27)(H,24,29)(H,25,28). The van der Waals surface area contributed by atoms with Gasteiger partial charge in [-0.05, 0) is 18.2 Å². The van der Waals surface area contributed by atoms with E-state index in [0.717, 1.165) is 10.2 Å². The number of hydrogen-bond acceptors (Lipinski definition) is 5. The van der Waals surface area contributed by atoms with Crippen LogP contribution in [0.15, 0.2) is 70.3 Å². The zero-order valence-corrected chi connectivity index (χ0v) is 15.5. The third-order valence-electron chi connectivity index (χ3n) is 4.39. The van der Waals surface area contributed by atoms with Gasteiger partial charge in [-0.15, -0.1) is 0 Å². The van der Waals surface area contributed by atoms with E-state index in [1.54, 1.807) is 18.2 Å². The van der Waals surface area contributed by atoms with Crippen molar-refractivity contribution in [1.82, 2.24) is 30.8 Å². The van der Waals surface area contributed by atoms with Gasteiger partial charge in [0.05, 0.1) is 16.5 Å². The molecule has 2 aromatic carbocycles. The van der Waals surface area contributed by atoms with E-state index in [1.807, 2.05) is 30.3 Å². The maximum absolute atomic E-state index is 12.4. The molecule has 0 saturated carbocycles. The summed E-state index contributed by atoms with van der Waals surface area (Å²) in [5.41, 5.74) is 4.98. The summed E-state index contributed by atoms with van der Waals surface area (Å²) in [6.45, 7) is -0.475.